The molecule has 0 aliphatic carbocycles. The van der Waals surface area contributed by atoms with Crippen LogP contribution in [-0.4, -0.2) is 40.3 Å². The van der Waals surface area contributed by atoms with E-state index in [1.807, 2.05) is 0 Å². The predicted molar refractivity (Wildman–Crippen MR) is 72.1 cm³/mol. The van der Waals surface area contributed by atoms with Crippen molar-refractivity contribution >= 4 is 33.2 Å². The molecule has 0 saturated heterocycles. The lowest BCUT2D eigenvalue weighted by Gasteiger charge is -2.33. The van der Waals surface area contributed by atoms with Gasteiger partial charge in [-0.15, -0.1) is 0 Å². The van der Waals surface area contributed by atoms with Gasteiger partial charge >= 0.3 is 0 Å². The van der Waals surface area contributed by atoms with Crippen LogP contribution < -0.4 is 14.4 Å². The second kappa shape index (κ2) is 4.90. The molecule has 0 saturated carbocycles. The lowest BCUT2D eigenvalue weighted by Crippen LogP contribution is -2.49. The van der Waals surface area contributed by atoms with Crippen molar-refractivity contribution in [1.29, 1.82) is 0 Å². The Hall–Kier alpha value is -1.47. The summed E-state index contributed by atoms with van der Waals surface area (Å²) in [5.41, 5.74) is 0.343. The number of sulfonamides is 1. The molecule has 2 rings (SSSR count). The zero-order valence-electron chi connectivity index (χ0n) is 10.4. The largest absolute Gasteiger partial charge is 0.476 e. The van der Waals surface area contributed by atoms with Crippen LogP contribution in [0.1, 0.15) is 0 Å². The number of ether oxygens (including phenoxy) is 1. The van der Waals surface area contributed by atoms with E-state index in [-0.39, 0.29) is 12.5 Å². The summed E-state index contributed by atoms with van der Waals surface area (Å²) in [6.45, 7) is -0.0775. The first kappa shape index (κ1) is 14.0. The van der Waals surface area contributed by atoms with Gasteiger partial charge in [0, 0.05) is 12.1 Å². The Kier molecular flexibility index (Phi) is 3.60. The lowest BCUT2D eigenvalue weighted by atomic mass is 10.2. The lowest BCUT2D eigenvalue weighted by molar-refractivity contribution is -0.127. The van der Waals surface area contributed by atoms with E-state index in [0.717, 1.165) is 10.6 Å². The van der Waals surface area contributed by atoms with E-state index in [1.165, 1.54) is 13.1 Å². The SMILES string of the molecule is CNC(=O)[C@H]1CN(S(C)(=O)=O)c2cc(Cl)ccc2O1. The fraction of sp³-hybridized carbons (Fsp3) is 0.364. The molecule has 19 heavy (non-hydrogen) atoms. The van der Waals surface area contributed by atoms with Crippen molar-refractivity contribution in [3.05, 3.63) is 23.2 Å². The highest BCUT2D eigenvalue weighted by atomic mass is 35.5. The smallest absolute Gasteiger partial charge is 0.262 e. The van der Waals surface area contributed by atoms with E-state index in [4.69, 9.17) is 16.3 Å². The summed E-state index contributed by atoms with van der Waals surface area (Å²) in [4.78, 5) is 11.6. The second-order valence-electron chi connectivity index (χ2n) is 4.13. The number of hydrogen-bond acceptors (Lipinski definition) is 4. The molecule has 0 aromatic heterocycles. The number of nitrogens with one attached hydrogen (secondary N) is 1. The molecule has 104 valence electrons. The number of hydrogen-bond donors (Lipinski definition) is 1. The van der Waals surface area contributed by atoms with Crippen LogP contribution in [0.3, 0.4) is 0 Å². The molecule has 1 heterocycles. The molecule has 0 radical (unpaired) electrons. The molecule has 0 fully saturated rings. The highest BCUT2D eigenvalue weighted by Gasteiger charge is 2.34. The monoisotopic (exact) mass is 304 g/mol. The zero-order chi connectivity index (χ0) is 14.2. The molecule has 1 aliphatic heterocycles. The summed E-state index contributed by atoms with van der Waals surface area (Å²) in [5.74, 6) is -0.0658. The van der Waals surface area contributed by atoms with Crippen molar-refractivity contribution in [1.82, 2.24) is 5.32 Å². The maximum atomic E-state index is 11.8. The summed E-state index contributed by atoms with van der Waals surface area (Å²) in [6.07, 6.45) is 0.192. The number of rotatable bonds is 2. The molecule has 0 spiro atoms. The van der Waals surface area contributed by atoms with Gasteiger partial charge in [0.1, 0.15) is 5.75 Å². The molecular weight excluding hydrogens is 292 g/mol. The van der Waals surface area contributed by atoms with Gasteiger partial charge in [-0.2, -0.15) is 0 Å². The standard InChI is InChI=1S/C11H13ClN2O4S/c1-13-11(15)10-6-14(19(2,16)17)8-5-7(12)3-4-9(8)18-10/h3-5,10H,6H2,1-2H3,(H,13,15)/t10-/m1/s1. The molecule has 6 nitrogen and oxygen atoms in total. The van der Waals surface area contributed by atoms with Crippen LogP contribution >= 0.6 is 11.6 Å². The Morgan fingerprint density at radius 1 is 1.53 bits per heavy atom. The number of nitrogens with zero attached hydrogens (tertiary/aromatic N) is 1. The molecule has 1 atom stereocenters. The van der Waals surface area contributed by atoms with Crippen molar-refractivity contribution in [2.45, 2.75) is 6.10 Å². The first-order chi connectivity index (χ1) is 8.82. The Bertz CT molecular complexity index is 617. The molecule has 1 amide bonds. The molecule has 1 aromatic carbocycles. The quantitative estimate of drug-likeness (QED) is 0.869. The minimum absolute atomic E-state index is 0.0775. The molecule has 0 unspecified atom stereocenters. The van der Waals surface area contributed by atoms with E-state index >= 15 is 0 Å². The molecule has 1 N–H and O–H groups in total. The summed E-state index contributed by atoms with van der Waals surface area (Å²) < 4.78 is 30.2. The van der Waals surface area contributed by atoms with E-state index in [9.17, 15) is 13.2 Å². The summed E-state index contributed by atoms with van der Waals surface area (Å²) in [7, 11) is -2.05. The highest BCUT2D eigenvalue weighted by molar-refractivity contribution is 7.92. The Morgan fingerprint density at radius 3 is 2.79 bits per heavy atom. The molecule has 8 heteroatoms. The van der Waals surface area contributed by atoms with Gasteiger partial charge in [0.15, 0.2) is 6.10 Å². The molecule has 1 aliphatic rings. The van der Waals surface area contributed by atoms with Crippen molar-refractivity contribution in [3.63, 3.8) is 0 Å². The highest BCUT2D eigenvalue weighted by Crippen LogP contribution is 2.36. The number of fused-ring (bicyclic) bond motifs is 1. The van der Waals surface area contributed by atoms with E-state index in [2.05, 4.69) is 5.32 Å². The van der Waals surface area contributed by atoms with Gasteiger partial charge in [-0.05, 0) is 18.2 Å². The maximum Gasteiger partial charge on any atom is 0.262 e. The number of likely N-dealkylation sites (N-methyl/N-ethyl adjacent to an activating group) is 1. The Balaban J connectivity index is 2.49. The van der Waals surface area contributed by atoms with Crippen molar-refractivity contribution < 1.29 is 17.9 Å². The van der Waals surface area contributed by atoms with E-state index in [0.29, 0.717) is 16.5 Å². The zero-order valence-corrected chi connectivity index (χ0v) is 12.0. The van der Waals surface area contributed by atoms with Crippen molar-refractivity contribution in [2.24, 2.45) is 0 Å². The van der Waals surface area contributed by atoms with Gasteiger partial charge in [0.05, 0.1) is 18.5 Å². The average Bonchev–Trinajstić information content (AvgIpc) is 2.35. The van der Waals surface area contributed by atoms with Gasteiger partial charge in [0.25, 0.3) is 5.91 Å². The summed E-state index contributed by atoms with van der Waals surface area (Å²) >= 11 is 5.86. The number of carbonyl (C=O) groups is 1. The fourth-order valence-corrected chi connectivity index (χ4v) is 2.91. The Labute approximate surface area is 116 Å². The number of benzene rings is 1. The minimum atomic E-state index is -3.52. The molecular formula is C11H13ClN2O4S. The van der Waals surface area contributed by atoms with Gasteiger partial charge in [0.2, 0.25) is 10.0 Å². The first-order valence-electron chi connectivity index (χ1n) is 5.48. The van der Waals surface area contributed by atoms with Crippen LogP contribution in [-0.2, 0) is 14.8 Å². The average molecular weight is 305 g/mol. The molecule has 1 aromatic rings. The summed E-state index contributed by atoms with van der Waals surface area (Å²) in [5, 5.41) is 2.83. The van der Waals surface area contributed by atoms with Crippen LogP contribution in [0, 0.1) is 0 Å². The van der Waals surface area contributed by atoms with Crippen LogP contribution in [0.5, 0.6) is 5.75 Å². The molecule has 0 bridgehead atoms. The predicted octanol–water partition coefficient (Wildman–Crippen LogP) is 0.613. The number of anilines is 1. The topological polar surface area (TPSA) is 75.7 Å². The number of amides is 1. The van der Waals surface area contributed by atoms with E-state index < -0.39 is 16.1 Å². The Morgan fingerprint density at radius 2 is 2.21 bits per heavy atom. The number of carbonyl (C=O) groups excluding carboxylic acids is 1. The van der Waals surface area contributed by atoms with E-state index in [1.54, 1.807) is 12.1 Å². The van der Waals surface area contributed by atoms with Gasteiger partial charge in [-0.3, -0.25) is 9.10 Å². The van der Waals surface area contributed by atoms with Crippen LogP contribution in [0.15, 0.2) is 18.2 Å². The first-order valence-corrected chi connectivity index (χ1v) is 7.71. The second-order valence-corrected chi connectivity index (χ2v) is 6.47. The third-order valence-electron chi connectivity index (χ3n) is 2.73. The fourth-order valence-electron chi connectivity index (χ4n) is 1.84. The number of halogens is 1. The van der Waals surface area contributed by atoms with Crippen molar-refractivity contribution in [2.75, 3.05) is 24.2 Å². The normalized spacial score (nSPS) is 18.5. The summed E-state index contributed by atoms with van der Waals surface area (Å²) in [6, 6.07) is 4.62. The maximum absolute atomic E-state index is 11.8. The third kappa shape index (κ3) is 2.76. The third-order valence-corrected chi connectivity index (χ3v) is 4.11. The van der Waals surface area contributed by atoms with Gasteiger partial charge in [-0.1, -0.05) is 11.6 Å². The van der Waals surface area contributed by atoms with Crippen LogP contribution in [0.4, 0.5) is 5.69 Å². The van der Waals surface area contributed by atoms with Crippen LogP contribution in [0.25, 0.3) is 0 Å². The van der Waals surface area contributed by atoms with Crippen molar-refractivity contribution in [3.8, 4) is 5.75 Å². The van der Waals surface area contributed by atoms with Gasteiger partial charge < -0.3 is 10.1 Å². The minimum Gasteiger partial charge on any atom is -0.476 e. The van der Waals surface area contributed by atoms with Crippen LogP contribution in [0.2, 0.25) is 5.02 Å². The van der Waals surface area contributed by atoms with Gasteiger partial charge in [-0.25, -0.2) is 8.42 Å².